The highest BCUT2D eigenvalue weighted by Crippen LogP contribution is 2.24. The number of aryl methyl sites for hydroxylation is 2. The van der Waals surface area contributed by atoms with E-state index < -0.39 is 5.97 Å². The quantitative estimate of drug-likeness (QED) is 0.489. The summed E-state index contributed by atoms with van der Waals surface area (Å²) in [7, 11) is 0. The van der Waals surface area contributed by atoms with Gasteiger partial charge in [0.1, 0.15) is 11.6 Å². The lowest BCUT2D eigenvalue weighted by Gasteiger charge is -2.12. The number of para-hydroxylation sites is 1. The molecule has 0 bridgehead atoms. The van der Waals surface area contributed by atoms with E-state index in [1.807, 2.05) is 38.1 Å². The third-order valence-corrected chi connectivity index (χ3v) is 3.74. The van der Waals surface area contributed by atoms with Gasteiger partial charge in [0.15, 0.2) is 0 Å². The maximum atomic E-state index is 11.8. The van der Waals surface area contributed by atoms with Crippen molar-refractivity contribution in [3.63, 3.8) is 0 Å². The molecule has 0 aliphatic heterocycles. The number of ether oxygens (including phenoxy) is 1. The minimum absolute atomic E-state index is 0.0110. The molecule has 23 heavy (non-hydrogen) atoms. The van der Waals surface area contributed by atoms with Gasteiger partial charge in [-0.25, -0.2) is 4.79 Å². The Morgan fingerprint density at radius 3 is 2.61 bits per heavy atom. The maximum absolute atomic E-state index is 11.8. The highest BCUT2D eigenvalue weighted by Gasteiger charge is 2.14. The topological polar surface area (TPSA) is 55.0 Å². The van der Waals surface area contributed by atoms with Gasteiger partial charge >= 0.3 is 5.97 Å². The summed E-state index contributed by atoms with van der Waals surface area (Å²) in [5, 5.41) is 9.19. The fraction of sp³-hybridized carbons (Fsp3) is 0.263. The summed E-state index contributed by atoms with van der Waals surface area (Å²) in [5.74, 6) is -0.587. The van der Waals surface area contributed by atoms with Gasteiger partial charge in [0.05, 0.1) is 6.61 Å². The molecular formula is C19H20N2O2. The molecule has 0 unspecified atom stereocenters. The predicted molar refractivity (Wildman–Crippen MR) is 90.2 cm³/mol. The van der Waals surface area contributed by atoms with Crippen molar-refractivity contribution in [3.05, 3.63) is 58.4 Å². The minimum Gasteiger partial charge on any atom is -0.462 e. The summed E-state index contributed by atoms with van der Waals surface area (Å²) in [4.78, 5) is 11.8. The molecule has 4 nitrogen and oxygen atoms in total. The highest BCUT2D eigenvalue weighted by atomic mass is 16.5. The third-order valence-electron chi connectivity index (χ3n) is 3.74. The van der Waals surface area contributed by atoms with Gasteiger partial charge in [-0.3, -0.25) is 0 Å². The lowest BCUT2D eigenvalue weighted by Crippen LogP contribution is -2.06. The first-order valence-electron chi connectivity index (χ1n) is 7.53. The Kier molecular flexibility index (Phi) is 5.02. The molecule has 0 N–H and O–H groups in total. The number of benzene rings is 1. The normalized spacial score (nSPS) is 11.2. The molecule has 4 heteroatoms. The van der Waals surface area contributed by atoms with Crippen molar-refractivity contribution in [2.45, 2.75) is 27.7 Å². The van der Waals surface area contributed by atoms with Crippen molar-refractivity contribution < 1.29 is 9.53 Å². The van der Waals surface area contributed by atoms with Crippen LogP contribution in [0.4, 0.5) is 0 Å². The minimum atomic E-state index is -0.587. The number of hydrogen-bond acceptors (Lipinski definition) is 3. The van der Waals surface area contributed by atoms with E-state index >= 15 is 0 Å². The van der Waals surface area contributed by atoms with Crippen molar-refractivity contribution in [1.82, 2.24) is 4.57 Å². The van der Waals surface area contributed by atoms with Gasteiger partial charge in [-0.1, -0.05) is 18.2 Å². The van der Waals surface area contributed by atoms with Crippen LogP contribution in [0.3, 0.4) is 0 Å². The van der Waals surface area contributed by atoms with Crippen LogP contribution >= 0.6 is 0 Å². The Morgan fingerprint density at radius 1 is 1.30 bits per heavy atom. The van der Waals surface area contributed by atoms with Crippen molar-refractivity contribution in [3.8, 4) is 11.8 Å². The SMILES string of the molecule is CCOC(=O)/C(C#N)=C/c1cc(C)n(-c2ccccc2C)c1C. The van der Waals surface area contributed by atoms with Crippen LogP contribution in [-0.2, 0) is 9.53 Å². The van der Waals surface area contributed by atoms with Crippen LogP contribution in [-0.4, -0.2) is 17.1 Å². The average Bonchev–Trinajstić information content (AvgIpc) is 2.80. The Labute approximate surface area is 136 Å². The number of aromatic nitrogens is 1. The van der Waals surface area contributed by atoms with E-state index in [2.05, 4.69) is 23.6 Å². The maximum Gasteiger partial charge on any atom is 0.348 e. The van der Waals surface area contributed by atoms with Gasteiger partial charge in [0, 0.05) is 17.1 Å². The number of rotatable bonds is 4. The zero-order chi connectivity index (χ0) is 17.0. The molecule has 2 aromatic rings. The van der Waals surface area contributed by atoms with Crippen LogP contribution in [0.1, 0.15) is 29.4 Å². The van der Waals surface area contributed by atoms with Gasteiger partial charge in [0.25, 0.3) is 0 Å². The Hall–Kier alpha value is -2.80. The first-order valence-corrected chi connectivity index (χ1v) is 7.53. The first-order chi connectivity index (χ1) is 11.0. The second-order valence-corrected chi connectivity index (χ2v) is 5.34. The summed E-state index contributed by atoms with van der Waals surface area (Å²) >= 11 is 0. The molecule has 2 rings (SSSR count). The highest BCUT2D eigenvalue weighted by molar-refractivity contribution is 5.98. The van der Waals surface area contributed by atoms with Crippen LogP contribution in [0.5, 0.6) is 0 Å². The Bertz CT molecular complexity index is 807. The summed E-state index contributed by atoms with van der Waals surface area (Å²) in [6.45, 7) is 8.01. The van der Waals surface area contributed by atoms with E-state index in [1.165, 1.54) is 0 Å². The van der Waals surface area contributed by atoms with E-state index in [1.54, 1.807) is 13.0 Å². The van der Waals surface area contributed by atoms with Crippen LogP contribution in [0.2, 0.25) is 0 Å². The van der Waals surface area contributed by atoms with Crippen molar-refractivity contribution in [1.29, 1.82) is 5.26 Å². The molecule has 0 amide bonds. The van der Waals surface area contributed by atoms with Crippen molar-refractivity contribution >= 4 is 12.0 Å². The second kappa shape index (κ2) is 6.97. The third kappa shape index (κ3) is 3.35. The predicted octanol–water partition coefficient (Wildman–Crippen LogP) is 3.87. The van der Waals surface area contributed by atoms with Gasteiger partial charge in [0.2, 0.25) is 0 Å². The van der Waals surface area contributed by atoms with E-state index in [-0.39, 0.29) is 12.2 Å². The summed E-state index contributed by atoms with van der Waals surface area (Å²) in [6, 6.07) is 12.0. The van der Waals surface area contributed by atoms with Crippen LogP contribution in [0, 0.1) is 32.1 Å². The van der Waals surface area contributed by atoms with E-state index in [0.717, 1.165) is 28.2 Å². The van der Waals surface area contributed by atoms with Gasteiger partial charge in [-0.2, -0.15) is 5.26 Å². The molecule has 0 fully saturated rings. The summed E-state index contributed by atoms with van der Waals surface area (Å²) in [5.41, 5.74) is 5.14. The molecule has 1 aromatic heterocycles. The number of carbonyl (C=O) groups excluding carboxylic acids is 1. The number of nitriles is 1. The fourth-order valence-corrected chi connectivity index (χ4v) is 2.62. The summed E-state index contributed by atoms with van der Waals surface area (Å²) in [6.07, 6.45) is 1.59. The first kappa shape index (κ1) is 16.6. The second-order valence-electron chi connectivity index (χ2n) is 5.34. The van der Waals surface area contributed by atoms with Crippen molar-refractivity contribution in [2.75, 3.05) is 6.61 Å². The van der Waals surface area contributed by atoms with Gasteiger partial charge < -0.3 is 9.30 Å². The van der Waals surface area contributed by atoms with E-state index in [9.17, 15) is 10.1 Å². The number of carbonyl (C=O) groups is 1. The smallest absolute Gasteiger partial charge is 0.348 e. The monoisotopic (exact) mass is 308 g/mol. The summed E-state index contributed by atoms with van der Waals surface area (Å²) < 4.78 is 7.04. The lowest BCUT2D eigenvalue weighted by atomic mass is 10.1. The molecule has 118 valence electrons. The Balaban J connectivity index is 2.52. The molecule has 0 saturated carbocycles. The van der Waals surface area contributed by atoms with Gasteiger partial charge in [-0.15, -0.1) is 0 Å². The zero-order valence-electron chi connectivity index (χ0n) is 13.9. The number of hydrogen-bond donors (Lipinski definition) is 0. The van der Waals surface area contributed by atoms with Crippen LogP contribution in [0.15, 0.2) is 35.9 Å². The molecular weight excluding hydrogens is 288 g/mol. The largest absolute Gasteiger partial charge is 0.462 e. The molecule has 0 atom stereocenters. The zero-order valence-corrected chi connectivity index (χ0v) is 13.9. The molecule has 1 heterocycles. The van der Waals surface area contributed by atoms with Crippen LogP contribution in [0.25, 0.3) is 11.8 Å². The molecule has 1 aromatic carbocycles. The fourth-order valence-electron chi connectivity index (χ4n) is 2.62. The molecule has 0 aliphatic rings. The van der Waals surface area contributed by atoms with Crippen LogP contribution < -0.4 is 0 Å². The molecule has 0 radical (unpaired) electrons. The average molecular weight is 308 g/mol. The standard InChI is InChI=1S/C19H20N2O2/c1-5-23-19(22)17(12-20)11-16-10-14(3)21(15(16)4)18-9-7-6-8-13(18)2/h6-11H,5H2,1-4H3/b17-11+. The van der Waals surface area contributed by atoms with E-state index in [0.29, 0.717) is 0 Å². The number of nitrogens with zero attached hydrogens (tertiary/aromatic N) is 2. The lowest BCUT2D eigenvalue weighted by molar-refractivity contribution is -0.137. The van der Waals surface area contributed by atoms with Gasteiger partial charge in [-0.05, 0) is 57.0 Å². The Morgan fingerprint density at radius 2 is 2.00 bits per heavy atom. The molecule has 0 saturated heterocycles. The molecule has 0 spiro atoms. The van der Waals surface area contributed by atoms with Crippen molar-refractivity contribution in [2.24, 2.45) is 0 Å². The molecule has 0 aliphatic carbocycles. The number of esters is 1. The van der Waals surface area contributed by atoms with E-state index in [4.69, 9.17) is 4.74 Å².